The highest BCUT2D eigenvalue weighted by Gasteiger charge is 2.21. The molecule has 1 aliphatic rings. The van der Waals surface area contributed by atoms with Crippen LogP contribution in [0.15, 0.2) is 12.1 Å². The number of Topliss-reactive ketones (excluding diaryl/α,β-unsaturated/α-hetero) is 1. The number of rotatable bonds is 4. The van der Waals surface area contributed by atoms with Gasteiger partial charge in [0.05, 0.1) is 12.7 Å². The molecule has 1 aliphatic heterocycles. The molecule has 2 rings (SSSR count). The minimum absolute atomic E-state index is 0.175. The Morgan fingerprint density at radius 2 is 2.26 bits per heavy atom. The lowest BCUT2D eigenvalue weighted by Gasteiger charge is -2.23. The Hall–Kier alpha value is -1.00. The first-order valence-electron chi connectivity index (χ1n) is 6.61. The zero-order chi connectivity index (χ0) is 13.8. The van der Waals surface area contributed by atoms with Gasteiger partial charge in [0.25, 0.3) is 0 Å². The van der Waals surface area contributed by atoms with E-state index in [1.807, 2.05) is 37.7 Å². The molecule has 1 saturated heterocycles. The second kappa shape index (κ2) is 6.44. The lowest BCUT2D eigenvalue weighted by atomic mass is 9.97. The molecule has 1 fully saturated rings. The summed E-state index contributed by atoms with van der Waals surface area (Å²) in [5.74, 6) is 3.02. The van der Waals surface area contributed by atoms with Gasteiger partial charge in [-0.1, -0.05) is 6.07 Å². The number of hydrogen-bond acceptors (Lipinski definition) is 4. The Morgan fingerprint density at radius 3 is 2.89 bits per heavy atom. The monoisotopic (exact) mass is 279 g/mol. The summed E-state index contributed by atoms with van der Waals surface area (Å²) < 4.78 is 5.37. The van der Waals surface area contributed by atoms with E-state index in [9.17, 15) is 4.79 Å². The number of benzene rings is 1. The SMILES string of the molecule is COc1cc(C)cc(C)c1C(=O)CC1CSCCN1. The van der Waals surface area contributed by atoms with Crippen molar-refractivity contribution in [1.82, 2.24) is 5.32 Å². The number of carbonyl (C=O) groups excluding carboxylic acids is 1. The van der Waals surface area contributed by atoms with Crippen LogP contribution in [-0.4, -0.2) is 37.0 Å². The molecule has 0 saturated carbocycles. The van der Waals surface area contributed by atoms with Crippen LogP contribution in [0.25, 0.3) is 0 Å². The van der Waals surface area contributed by atoms with Gasteiger partial charge in [-0.25, -0.2) is 0 Å². The highest BCUT2D eigenvalue weighted by molar-refractivity contribution is 7.99. The molecular weight excluding hydrogens is 258 g/mol. The number of hydrogen-bond donors (Lipinski definition) is 1. The average molecular weight is 279 g/mol. The predicted molar refractivity (Wildman–Crippen MR) is 80.5 cm³/mol. The second-order valence-electron chi connectivity index (χ2n) is 5.01. The first-order chi connectivity index (χ1) is 9.11. The van der Waals surface area contributed by atoms with E-state index in [0.29, 0.717) is 12.2 Å². The Labute approximate surface area is 119 Å². The first-order valence-corrected chi connectivity index (χ1v) is 7.77. The van der Waals surface area contributed by atoms with E-state index >= 15 is 0 Å². The van der Waals surface area contributed by atoms with Crippen molar-refractivity contribution < 1.29 is 9.53 Å². The van der Waals surface area contributed by atoms with Gasteiger partial charge in [0.1, 0.15) is 5.75 Å². The normalized spacial score (nSPS) is 19.2. The quantitative estimate of drug-likeness (QED) is 0.860. The Kier molecular flexibility index (Phi) is 4.88. The number of ketones is 1. The molecule has 1 heterocycles. The number of thioether (sulfide) groups is 1. The van der Waals surface area contributed by atoms with Gasteiger partial charge in [0.2, 0.25) is 0 Å². The van der Waals surface area contributed by atoms with Crippen LogP contribution in [0.3, 0.4) is 0 Å². The van der Waals surface area contributed by atoms with E-state index in [0.717, 1.165) is 34.7 Å². The van der Waals surface area contributed by atoms with Crippen LogP contribution in [0, 0.1) is 13.8 Å². The third-order valence-electron chi connectivity index (χ3n) is 3.37. The number of aryl methyl sites for hydroxylation is 2. The smallest absolute Gasteiger partial charge is 0.168 e. The summed E-state index contributed by atoms with van der Waals surface area (Å²) in [6, 6.07) is 4.26. The maximum atomic E-state index is 12.5. The summed E-state index contributed by atoms with van der Waals surface area (Å²) in [6.07, 6.45) is 0.549. The van der Waals surface area contributed by atoms with Crippen LogP contribution >= 0.6 is 11.8 Å². The van der Waals surface area contributed by atoms with E-state index in [4.69, 9.17) is 4.74 Å². The topological polar surface area (TPSA) is 38.3 Å². The number of methoxy groups -OCH3 is 1. The fourth-order valence-electron chi connectivity index (χ4n) is 2.52. The summed E-state index contributed by atoms with van der Waals surface area (Å²) >= 11 is 1.91. The van der Waals surface area contributed by atoms with Gasteiger partial charge < -0.3 is 10.1 Å². The highest BCUT2D eigenvalue weighted by atomic mass is 32.2. The molecule has 3 nitrogen and oxygen atoms in total. The zero-order valence-electron chi connectivity index (χ0n) is 11.8. The molecule has 0 amide bonds. The molecule has 0 radical (unpaired) electrons. The van der Waals surface area contributed by atoms with Gasteiger partial charge in [-0.2, -0.15) is 11.8 Å². The highest BCUT2D eigenvalue weighted by Crippen LogP contribution is 2.26. The zero-order valence-corrected chi connectivity index (χ0v) is 12.6. The first kappa shape index (κ1) is 14.4. The van der Waals surface area contributed by atoms with Crippen LogP contribution in [0.4, 0.5) is 0 Å². The fraction of sp³-hybridized carbons (Fsp3) is 0.533. The lowest BCUT2D eigenvalue weighted by Crippen LogP contribution is -2.39. The fourth-order valence-corrected chi connectivity index (χ4v) is 3.47. The number of ether oxygens (including phenoxy) is 1. The molecular formula is C15H21NO2S. The predicted octanol–water partition coefficient (Wildman–Crippen LogP) is 2.59. The molecule has 0 aromatic heterocycles. The van der Waals surface area contributed by atoms with Gasteiger partial charge >= 0.3 is 0 Å². The maximum Gasteiger partial charge on any atom is 0.168 e. The number of carbonyl (C=O) groups is 1. The number of nitrogens with one attached hydrogen (secondary N) is 1. The van der Waals surface area contributed by atoms with Gasteiger partial charge in [-0.05, 0) is 31.0 Å². The van der Waals surface area contributed by atoms with Gasteiger partial charge in [-0.15, -0.1) is 0 Å². The summed E-state index contributed by atoms with van der Waals surface area (Å²) in [5, 5.41) is 3.41. The van der Waals surface area contributed by atoms with E-state index in [2.05, 4.69) is 5.32 Å². The molecule has 19 heavy (non-hydrogen) atoms. The lowest BCUT2D eigenvalue weighted by molar-refractivity contribution is 0.0968. The molecule has 104 valence electrons. The van der Waals surface area contributed by atoms with E-state index in [1.54, 1.807) is 7.11 Å². The van der Waals surface area contributed by atoms with Crippen LogP contribution in [0.2, 0.25) is 0 Å². The average Bonchev–Trinajstić information content (AvgIpc) is 2.38. The minimum atomic E-state index is 0.175. The molecule has 1 unspecified atom stereocenters. The van der Waals surface area contributed by atoms with Crippen molar-refractivity contribution in [3.63, 3.8) is 0 Å². The van der Waals surface area contributed by atoms with Gasteiger partial charge in [0, 0.05) is 30.5 Å². The van der Waals surface area contributed by atoms with Crippen molar-refractivity contribution in [3.05, 3.63) is 28.8 Å². The molecule has 1 N–H and O–H groups in total. The molecule has 1 aromatic rings. The molecule has 1 aromatic carbocycles. The van der Waals surface area contributed by atoms with Crippen LogP contribution in [0.5, 0.6) is 5.75 Å². The van der Waals surface area contributed by atoms with Crippen molar-refractivity contribution in [3.8, 4) is 5.75 Å². The summed E-state index contributed by atoms with van der Waals surface area (Å²) in [6.45, 7) is 4.99. The maximum absolute atomic E-state index is 12.5. The van der Waals surface area contributed by atoms with Crippen LogP contribution < -0.4 is 10.1 Å². The molecule has 1 atom stereocenters. The van der Waals surface area contributed by atoms with E-state index in [1.165, 1.54) is 0 Å². The summed E-state index contributed by atoms with van der Waals surface area (Å²) in [5.41, 5.74) is 2.87. The van der Waals surface area contributed by atoms with Crippen molar-refractivity contribution in [2.75, 3.05) is 25.2 Å². The Morgan fingerprint density at radius 1 is 1.47 bits per heavy atom. The third-order valence-corrected chi connectivity index (χ3v) is 4.50. The molecule has 0 bridgehead atoms. The van der Waals surface area contributed by atoms with Crippen LogP contribution in [-0.2, 0) is 0 Å². The Balaban J connectivity index is 2.18. The van der Waals surface area contributed by atoms with E-state index < -0.39 is 0 Å². The Bertz CT molecular complexity index is 467. The van der Waals surface area contributed by atoms with Gasteiger partial charge in [-0.3, -0.25) is 4.79 Å². The van der Waals surface area contributed by atoms with Crippen molar-refractivity contribution in [2.45, 2.75) is 26.3 Å². The molecule has 0 aliphatic carbocycles. The largest absolute Gasteiger partial charge is 0.496 e. The molecule has 4 heteroatoms. The van der Waals surface area contributed by atoms with Crippen molar-refractivity contribution >= 4 is 17.5 Å². The van der Waals surface area contributed by atoms with Gasteiger partial charge in [0.15, 0.2) is 5.78 Å². The van der Waals surface area contributed by atoms with Crippen molar-refractivity contribution in [1.29, 1.82) is 0 Å². The molecule has 0 spiro atoms. The van der Waals surface area contributed by atoms with E-state index in [-0.39, 0.29) is 11.8 Å². The van der Waals surface area contributed by atoms with Crippen LogP contribution in [0.1, 0.15) is 27.9 Å². The third kappa shape index (κ3) is 3.51. The van der Waals surface area contributed by atoms with Crippen molar-refractivity contribution in [2.24, 2.45) is 0 Å². The standard InChI is InChI=1S/C15H21NO2S/c1-10-6-11(2)15(14(7-10)18-3)13(17)8-12-9-19-5-4-16-12/h6-7,12,16H,4-5,8-9H2,1-3H3. The second-order valence-corrected chi connectivity index (χ2v) is 6.16. The minimum Gasteiger partial charge on any atom is -0.496 e. The summed E-state index contributed by atoms with van der Waals surface area (Å²) in [4.78, 5) is 12.5. The summed E-state index contributed by atoms with van der Waals surface area (Å²) in [7, 11) is 1.62.